The summed E-state index contributed by atoms with van der Waals surface area (Å²) in [6, 6.07) is 3.53. The Bertz CT molecular complexity index is 1320. The fourth-order valence-electron chi connectivity index (χ4n) is 10.3. The summed E-state index contributed by atoms with van der Waals surface area (Å²) in [5, 5.41) is 29.5. The van der Waals surface area contributed by atoms with Gasteiger partial charge in [0.15, 0.2) is 5.52 Å². The Morgan fingerprint density at radius 1 is 1.10 bits per heavy atom. The molecule has 1 N–H and O–H groups in total. The molecule has 224 valence electrons. The van der Waals surface area contributed by atoms with Crippen molar-refractivity contribution >= 4 is 22.4 Å². The Balaban J connectivity index is 1.07. The quantitative estimate of drug-likeness (QED) is 0.199. The van der Waals surface area contributed by atoms with E-state index in [0.29, 0.717) is 22.3 Å². The number of aromatic nitrogens is 2. The van der Waals surface area contributed by atoms with Crippen LogP contribution in [0.3, 0.4) is 0 Å². The SMILES string of the molecule is CC(CCC[C@@H](C)[C@H]1CC[C@H]2[C@@H]3CC=C4C[C@@H](O)CC[C@]4(C)[C@H]3CC[C@]12C)N(C)c1ccc([N+](=O)[O-])c2nonc12. The van der Waals surface area contributed by atoms with Crippen molar-refractivity contribution in [3.8, 4) is 0 Å². The second kappa shape index (κ2) is 10.7. The molecule has 0 aliphatic heterocycles. The number of nitro groups is 1. The molecular weight excluding hydrogens is 516 g/mol. The summed E-state index contributed by atoms with van der Waals surface area (Å²) in [7, 11) is 2.03. The molecule has 0 radical (unpaired) electrons. The van der Waals surface area contributed by atoms with Crippen LogP contribution in [0.2, 0.25) is 0 Å². The maximum Gasteiger partial charge on any atom is 0.300 e. The van der Waals surface area contributed by atoms with Crippen LogP contribution in [0, 0.1) is 50.5 Å². The largest absolute Gasteiger partial charge is 0.393 e. The Kier molecular flexibility index (Phi) is 7.44. The molecule has 1 unspecified atom stereocenters. The summed E-state index contributed by atoms with van der Waals surface area (Å²) in [6.07, 6.45) is 15.6. The van der Waals surface area contributed by atoms with Gasteiger partial charge in [-0.3, -0.25) is 10.1 Å². The number of non-ortho nitro benzene ring substituents is 1. The molecule has 4 aliphatic carbocycles. The smallest absolute Gasteiger partial charge is 0.300 e. The second-order valence-corrected chi connectivity index (χ2v) is 14.6. The summed E-state index contributed by atoms with van der Waals surface area (Å²) < 4.78 is 4.87. The highest BCUT2D eigenvalue weighted by Crippen LogP contribution is 2.67. The van der Waals surface area contributed by atoms with E-state index in [-0.39, 0.29) is 23.3 Å². The van der Waals surface area contributed by atoms with Gasteiger partial charge in [-0.1, -0.05) is 45.3 Å². The number of rotatable bonds is 8. The van der Waals surface area contributed by atoms with Crippen molar-refractivity contribution in [2.24, 2.45) is 40.4 Å². The molecule has 4 aliphatic rings. The first kappa shape index (κ1) is 28.6. The average molecular weight is 565 g/mol. The number of hydrogen-bond donors (Lipinski definition) is 1. The van der Waals surface area contributed by atoms with Crippen molar-refractivity contribution < 1.29 is 14.7 Å². The zero-order chi connectivity index (χ0) is 29.1. The maximum atomic E-state index is 11.4. The third-order valence-electron chi connectivity index (χ3n) is 12.7. The lowest BCUT2D eigenvalue weighted by atomic mass is 9.47. The van der Waals surface area contributed by atoms with Crippen LogP contribution in [0.1, 0.15) is 98.3 Å². The van der Waals surface area contributed by atoms with E-state index in [1.165, 1.54) is 44.6 Å². The molecule has 9 atom stereocenters. The first-order chi connectivity index (χ1) is 19.5. The molecule has 2 aromatic rings. The van der Waals surface area contributed by atoms with Gasteiger partial charge in [-0.05, 0) is 122 Å². The lowest BCUT2D eigenvalue weighted by molar-refractivity contribution is -0.383. The zero-order valence-corrected chi connectivity index (χ0v) is 25.5. The van der Waals surface area contributed by atoms with Crippen LogP contribution in [0.4, 0.5) is 11.4 Å². The van der Waals surface area contributed by atoms with E-state index in [4.69, 9.17) is 4.63 Å². The molecule has 0 saturated heterocycles. The standard InChI is InChI=1S/C33H48N4O4/c1-20(7-6-8-21(2)36(5)28-13-14-29(37(39)40)31-30(28)34-41-35-31)25-11-12-26-24-10-9-22-19-23(38)15-17-32(22,3)27(24)16-18-33(25,26)4/h9,13-14,20-21,23-27,38H,6-8,10-12,15-19H2,1-5H3/t20-,21?,23+,24+,25-,26+,27+,32+,33-/m1/s1. The van der Waals surface area contributed by atoms with E-state index >= 15 is 0 Å². The highest BCUT2D eigenvalue weighted by molar-refractivity contribution is 5.93. The van der Waals surface area contributed by atoms with E-state index in [2.05, 4.69) is 49.0 Å². The van der Waals surface area contributed by atoms with Crippen LogP contribution in [-0.2, 0) is 0 Å². The minimum absolute atomic E-state index is 0.0754. The molecular formula is C33H48N4O4. The minimum Gasteiger partial charge on any atom is -0.393 e. The van der Waals surface area contributed by atoms with Crippen LogP contribution in [0.25, 0.3) is 11.0 Å². The van der Waals surface area contributed by atoms with Gasteiger partial charge >= 0.3 is 5.69 Å². The van der Waals surface area contributed by atoms with Crippen LogP contribution < -0.4 is 4.90 Å². The van der Waals surface area contributed by atoms with Crippen molar-refractivity contribution in [3.63, 3.8) is 0 Å². The van der Waals surface area contributed by atoms with Crippen LogP contribution in [-0.4, -0.2) is 39.5 Å². The highest BCUT2D eigenvalue weighted by Gasteiger charge is 2.59. The lowest BCUT2D eigenvalue weighted by Gasteiger charge is -2.58. The fraction of sp³-hybridized carbons (Fsp3) is 0.758. The molecule has 3 fully saturated rings. The molecule has 0 amide bonds. The van der Waals surface area contributed by atoms with Gasteiger partial charge < -0.3 is 10.0 Å². The van der Waals surface area contributed by atoms with Crippen LogP contribution in [0.15, 0.2) is 28.4 Å². The molecule has 1 heterocycles. The molecule has 0 spiro atoms. The zero-order valence-electron chi connectivity index (χ0n) is 25.5. The number of aliphatic hydroxyl groups excluding tert-OH is 1. The number of allylic oxidation sites excluding steroid dienone is 1. The van der Waals surface area contributed by atoms with Crippen LogP contribution in [0.5, 0.6) is 0 Å². The first-order valence-corrected chi connectivity index (χ1v) is 16.0. The Morgan fingerprint density at radius 3 is 2.66 bits per heavy atom. The predicted octanol–water partition coefficient (Wildman–Crippen LogP) is 7.70. The first-order valence-electron chi connectivity index (χ1n) is 16.0. The Hall–Kier alpha value is -2.48. The number of anilines is 1. The van der Waals surface area contributed by atoms with Gasteiger partial charge in [0.1, 0.15) is 0 Å². The number of hydrogen-bond acceptors (Lipinski definition) is 7. The molecule has 1 aromatic carbocycles. The van der Waals surface area contributed by atoms with E-state index in [1.54, 1.807) is 11.6 Å². The lowest BCUT2D eigenvalue weighted by Crippen LogP contribution is -2.50. The molecule has 8 nitrogen and oxygen atoms in total. The summed E-state index contributed by atoms with van der Waals surface area (Å²) in [5.41, 5.74) is 3.73. The van der Waals surface area contributed by atoms with E-state index in [0.717, 1.165) is 61.5 Å². The predicted molar refractivity (Wildman–Crippen MR) is 161 cm³/mol. The van der Waals surface area contributed by atoms with E-state index in [1.807, 2.05) is 7.05 Å². The third-order valence-corrected chi connectivity index (χ3v) is 12.7. The second-order valence-electron chi connectivity index (χ2n) is 14.6. The molecule has 3 saturated carbocycles. The van der Waals surface area contributed by atoms with Gasteiger partial charge in [-0.2, -0.15) is 0 Å². The topological polar surface area (TPSA) is 106 Å². The van der Waals surface area contributed by atoms with Crippen molar-refractivity contribution in [2.75, 3.05) is 11.9 Å². The number of nitrogens with zero attached hydrogens (tertiary/aromatic N) is 4. The Morgan fingerprint density at radius 2 is 1.88 bits per heavy atom. The van der Waals surface area contributed by atoms with E-state index < -0.39 is 4.92 Å². The van der Waals surface area contributed by atoms with Gasteiger partial charge in [-0.25, -0.2) is 4.63 Å². The molecule has 8 heteroatoms. The van der Waals surface area contributed by atoms with Gasteiger partial charge in [0.05, 0.1) is 16.7 Å². The van der Waals surface area contributed by atoms with Crippen molar-refractivity contribution in [1.29, 1.82) is 0 Å². The number of aliphatic hydroxyl groups is 1. The minimum atomic E-state index is -0.439. The molecule has 0 bridgehead atoms. The van der Waals surface area contributed by atoms with Gasteiger partial charge in [0, 0.05) is 19.2 Å². The van der Waals surface area contributed by atoms with Crippen molar-refractivity contribution in [3.05, 3.63) is 33.9 Å². The summed E-state index contributed by atoms with van der Waals surface area (Å²) >= 11 is 0. The van der Waals surface area contributed by atoms with Crippen molar-refractivity contribution in [2.45, 2.75) is 110 Å². The molecule has 6 rings (SSSR count). The fourth-order valence-corrected chi connectivity index (χ4v) is 10.3. The van der Waals surface area contributed by atoms with Gasteiger partial charge in [0.2, 0.25) is 5.52 Å². The van der Waals surface area contributed by atoms with E-state index in [9.17, 15) is 15.2 Å². The number of fused-ring (bicyclic) bond motifs is 6. The van der Waals surface area contributed by atoms with Gasteiger partial charge in [0.25, 0.3) is 0 Å². The maximum absolute atomic E-state index is 11.4. The van der Waals surface area contributed by atoms with Crippen molar-refractivity contribution in [1.82, 2.24) is 10.3 Å². The molecule has 41 heavy (non-hydrogen) atoms. The molecule has 1 aromatic heterocycles. The van der Waals surface area contributed by atoms with Gasteiger partial charge in [-0.15, -0.1) is 0 Å². The Labute approximate surface area is 244 Å². The average Bonchev–Trinajstić information content (AvgIpc) is 3.57. The normalized spacial score (nSPS) is 36.1. The van der Waals surface area contributed by atoms with Crippen LogP contribution >= 0.6 is 0 Å². The number of benzene rings is 1. The number of nitro benzene ring substituents is 1. The summed E-state index contributed by atoms with van der Waals surface area (Å²) in [6.45, 7) is 9.88. The summed E-state index contributed by atoms with van der Waals surface area (Å²) in [5.74, 6) is 3.95. The summed E-state index contributed by atoms with van der Waals surface area (Å²) in [4.78, 5) is 13.1. The highest BCUT2D eigenvalue weighted by atomic mass is 16.6. The third kappa shape index (κ3) is 4.68. The monoisotopic (exact) mass is 564 g/mol.